The zero-order chi connectivity index (χ0) is 20.8. The third-order valence-corrected chi connectivity index (χ3v) is 5.97. The van der Waals surface area contributed by atoms with Gasteiger partial charge in [0.05, 0.1) is 5.71 Å². The molecule has 2 aromatic rings. The molecule has 1 aliphatic carbocycles. The van der Waals surface area contributed by atoms with E-state index in [0.29, 0.717) is 5.70 Å². The molecule has 1 atom stereocenters. The molecule has 0 saturated carbocycles. The molecule has 0 fully saturated rings. The third-order valence-electron chi connectivity index (χ3n) is 5.97. The summed E-state index contributed by atoms with van der Waals surface area (Å²) in [6.07, 6.45) is 8.34. The van der Waals surface area contributed by atoms with Gasteiger partial charge in [-0.3, -0.25) is 0 Å². The molecule has 0 aliphatic heterocycles. The largest absolute Gasteiger partial charge is 0.399 e. The van der Waals surface area contributed by atoms with Gasteiger partial charge in [-0.05, 0) is 78.0 Å². The van der Waals surface area contributed by atoms with Gasteiger partial charge in [0.15, 0.2) is 0 Å². The van der Waals surface area contributed by atoms with Crippen LogP contribution in [0.2, 0.25) is 0 Å². The van der Waals surface area contributed by atoms with Crippen LogP contribution in [0.3, 0.4) is 0 Å². The van der Waals surface area contributed by atoms with Crippen LogP contribution in [0.15, 0.2) is 59.8 Å². The van der Waals surface area contributed by atoms with Crippen molar-refractivity contribution in [3.63, 3.8) is 0 Å². The second-order valence-corrected chi connectivity index (χ2v) is 7.84. The Kier molecular flexibility index (Phi) is 6.82. The van der Waals surface area contributed by atoms with Gasteiger partial charge in [0, 0.05) is 18.0 Å². The highest BCUT2D eigenvalue weighted by molar-refractivity contribution is 6.01. The van der Waals surface area contributed by atoms with Crippen molar-refractivity contribution < 1.29 is 0 Å². The van der Waals surface area contributed by atoms with E-state index in [1.165, 1.54) is 42.4 Å². The van der Waals surface area contributed by atoms with E-state index in [1.54, 1.807) is 0 Å². The van der Waals surface area contributed by atoms with Crippen molar-refractivity contribution in [3.05, 3.63) is 82.9 Å². The fourth-order valence-corrected chi connectivity index (χ4v) is 4.18. The average molecular weight is 386 g/mol. The van der Waals surface area contributed by atoms with Gasteiger partial charge in [-0.15, -0.1) is 0 Å². The molecule has 0 saturated heterocycles. The van der Waals surface area contributed by atoms with Gasteiger partial charge in [-0.1, -0.05) is 56.8 Å². The van der Waals surface area contributed by atoms with Crippen LogP contribution in [0, 0.1) is 5.92 Å². The minimum absolute atomic E-state index is 0.559. The quantitative estimate of drug-likeness (QED) is 0.452. The molecule has 3 rings (SSSR count). The molecular formula is C26H31N3. The van der Waals surface area contributed by atoms with Crippen molar-refractivity contribution in [2.24, 2.45) is 21.9 Å². The van der Waals surface area contributed by atoms with Gasteiger partial charge in [0.25, 0.3) is 0 Å². The molecule has 3 nitrogen and oxygen atoms in total. The predicted octanol–water partition coefficient (Wildman–Crippen LogP) is 5.81. The van der Waals surface area contributed by atoms with Crippen LogP contribution >= 0.6 is 0 Å². The van der Waals surface area contributed by atoms with Gasteiger partial charge < -0.3 is 5.73 Å². The fraction of sp³-hybridized carbons (Fsp3) is 0.308. The summed E-state index contributed by atoms with van der Waals surface area (Å²) in [6, 6.07) is 13.0. The first-order valence-electron chi connectivity index (χ1n) is 10.4. The lowest BCUT2D eigenvalue weighted by molar-refractivity contribution is 0.445. The standard InChI is InChI=1S/C26H31N3/c1-5-19-7-11-22-12-13-23(17-24(22)15-19)26(29-28-4)14-9-20-8-10-21(6-2)25(16-20)18(3)27/h6,8,10,12-13,16-17,19H,2-5,7,9,11,14-15,27H2,1H3/b29-26+. The van der Waals surface area contributed by atoms with Crippen molar-refractivity contribution in [3.8, 4) is 0 Å². The summed E-state index contributed by atoms with van der Waals surface area (Å²) < 4.78 is 0. The van der Waals surface area contributed by atoms with E-state index in [0.717, 1.165) is 41.2 Å². The van der Waals surface area contributed by atoms with E-state index in [-0.39, 0.29) is 0 Å². The molecule has 2 N–H and O–H groups in total. The maximum absolute atomic E-state index is 5.95. The Morgan fingerprint density at radius 2 is 2.03 bits per heavy atom. The minimum Gasteiger partial charge on any atom is -0.399 e. The predicted molar refractivity (Wildman–Crippen MR) is 126 cm³/mol. The number of aryl methyl sites for hydroxylation is 2. The van der Waals surface area contributed by atoms with Crippen LogP contribution < -0.4 is 5.73 Å². The minimum atomic E-state index is 0.559. The summed E-state index contributed by atoms with van der Waals surface area (Å²) in [4.78, 5) is 0. The third kappa shape index (κ3) is 4.92. The number of benzene rings is 2. The normalized spacial score (nSPS) is 16.2. The van der Waals surface area contributed by atoms with E-state index < -0.39 is 0 Å². The average Bonchev–Trinajstić information content (AvgIpc) is 2.75. The molecule has 29 heavy (non-hydrogen) atoms. The molecule has 3 heteroatoms. The van der Waals surface area contributed by atoms with Crippen LogP contribution in [-0.4, -0.2) is 12.4 Å². The molecular weight excluding hydrogens is 354 g/mol. The smallest absolute Gasteiger partial charge is 0.0705 e. The number of fused-ring (bicyclic) bond motifs is 1. The SMILES string of the molecule is C=Cc1ccc(CC/C(=N\N=C)c2ccc3c(c2)CC(CC)CC3)cc1C(=C)N. The van der Waals surface area contributed by atoms with Crippen LogP contribution in [0.25, 0.3) is 11.8 Å². The summed E-state index contributed by atoms with van der Waals surface area (Å²) in [6.45, 7) is 13.6. The van der Waals surface area contributed by atoms with Gasteiger partial charge in [-0.25, -0.2) is 0 Å². The lowest BCUT2D eigenvalue weighted by atomic mass is 9.81. The number of hydrogen-bond donors (Lipinski definition) is 1. The number of hydrogen-bond acceptors (Lipinski definition) is 3. The topological polar surface area (TPSA) is 50.7 Å². The molecule has 0 spiro atoms. The van der Waals surface area contributed by atoms with Crippen molar-refractivity contribution in [1.82, 2.24) is 0 Å². The first kappa shape index (κ1) is 20.8. The van der Waals surface area contributed by atoms with Gasteiger partial charge in [0.2, 0.25) is 0 Å². The molecule has 0 bridgehead atoms. The maximum atomic E-state index is 5.95. The van der Waals surface area contributed by atoms with Crippen molar-refractivity contribution in [1.29, 1.82) is 0 Å². The Balaban J connectivity index is 1.81. The highest BCUT2D eigenvalue weighted by Crippen LogP contribution is 2.29. The fourth-order valence-electron chi connectivity index (χ4n) is 4.18. The molecule has 150 valence electrons. The molecule has 0 radical (unpaired) electrons. The second-order valence-electron chi connectivity index (χ2n) is 7.84. The van der Waals surface area contributed by atoms with Crippen molar-refractivity contribution >= 4 is 24.2 Å². The Labute approximate surface area is 174 Å². The zero-order valence-electron chi connectivity index (χ0n) is 17.5. The van der Waals surface area contributed by atoms with Gasteiger partial charge in [-0.2, -0.15) is 10.2 Å². The van der Waals surface area contributed by atoms with Gasteiger partial charge in [0.1, 0.15) is 0 Å². The first-order valence-corrected chi connectivity index (χ1v) is 10.4. The van der Waals surface area contributed by atoms with E-state index in [2.05, 4.69) is 67.3 Å². The zero-order valence-corrected chi connectivity index (χ0v) is 17.5. The molecule has 0 aromatic heterocycles. The summed E-state index contributed by atoms with van der Waals surface area (Å²) in [5.41, 5.74) is 14.7. The number of rotatable bonds is 8. The molecule has 0 heterocycles. The summed E-state index contributed by atoms with van der Waals surface area (Å²) >= 11 is 0. The van der Waals surface area contributed by atoms with Gasteiger partial charge >= 0.3 is 0 Å². The van der Waals surface area contributed by atoms with E-state index >= 15 is 0 Å². The lowest BCUT2D eigenvalue weighted by Gasteiger charge is -2.24. The van der Waals surface area contributed by atoms with Crippen LogP contribution in [0.1, 0.15) is 59.6 Å². The lowest BCUT2D eigenvalue weighted by Crippen LogP contribution is -2.14. The molecule has 2 aromatic carbocycles. The van der Waals surface area contributed by atoms with Crippen LogP contribution in [-0.2, 0) is 19.3 Å². The van der Waals surface area contributed by atoms with Crippen LogP contribution in [0.4, 0.5) is 0 Å². The Hall–Kier alpha value is -2.94. The summed E-state index contributed by atoms with van der Waals surface area (Å²) in [5, 5.41) is 8.19. The van der Waals surface area contributed by atoms with E-state index in [1.807, 2.05) is 12.1 Å². The Bertz CT molecular complexity index is 952. The Morgan fingerprint density at radius 3 is 2.72 bits per heavy atom. The van der Waals surface area contributed by atoms with Crippen molar-refractivity contribution in [2.45, 2.75) is 45.4 Å². The molecule has 0 amide bonds. The highest BCUT2D eigenvalue weighted by atomic mass is 15.2. The highest BCUT2D eigenvalue weighted by Gasteiger charge is 2.18. The number of nitrogens with two attached hydrogens (primary N) is 1. The molecule has 1 aliphatic rings. The maximum Gasteiger partial charge on any atom is 0.0705 e. The van der Waals surface area contributed by atoms with E-state index in [9.17, 15) is 0 Å². The number of nitrogens with zero attached hydrogens (tertiary/aromatic N) is 2. The summed E-state index contributed by atoms with van der Waals surface area (Å²) in [7, 11) is 0. The Morgan fingerprint density at radius 1 is 1.21 bits per heavy atom. The summed E-state index contributed by atoms with van der Waals surface area (Å²) in [5.74, 6) is 0.793. The monoisotopic (exact) mass is 385 g/mol. The first-order chi connectivity index (χ1) is 14.0. The van der Waals surface area contributed by atoms with Crippen LogP contribution in [0.5, 0.6) is 0 Å². The molecule has 1 unspecified atom stereocenters. The van der Waals surface area contributed by atoms with Crippen molar-refractivity contribution in [2.75, 3.05) is 0 Å². The second kappa shape index (κ2) is 9.51. The van der Waals surface area contributed by atoms with E-state index in [4.69, 9.17) is 5.73 Å².